The molecule has 0 amide bonds. The molecule has 0 aliphatic carbocycles. The van der Waals surface area contributed by atoms with Gasteiger partial charge in [0.1, 0.15) is 17.3 Å². The van der Waals surface area contributed by atoms with Gasteiger partial charge in [-0.05, 0) is 12.8 Å². The molecule has 1 heterocycles. The average molecular weight is 224 g/mol. The second-order valence-corrected chi connectivity index (χ2v) is 3.72. The molecule has 0 fully saturated rings. The molecular weight excluding hydrogens is 210 g/mol. The summed E-state index contributed by atoms with van der Waals surface area (Å²) in [5.41, 5.74) is 0.942. The molecule has 0 aliphatic rings. The smallest absolute Gasteiger partial charge is 0.138 e. The molecule has 0 saturated carbocycles. The van der Waals surface area contributed by atoms with E-state index >= 15 is 0 Å². The van der Waals surface area contributed by atoms with Crippen LogP contribution < -0.4 is 5.32 Å². The van der Waals surface area contributed by atoms with Crippen molar-refractivity contribution >= 4 is 17.4 Å². The first-order chi connectivity index (χ1) is 7.16. The maximum Gasteiger partial charge on any atom is 0.138 e. The molecule has 80 valence electrons. The van der Waals surface area contributed by atoms with Gasteiger partial charge in [0.15, 0.2) is 0 Å². The number of nitrogens with one attached hydrogen (secondary N) is 1. The third-order valence-electron chi connectivity index (χ3n) is 1.93. The lowest BCUT2D eigenvalue weighted by atomic mass is 10.1. The third kappa shape index (κ3) is 3.10. The minimum absolute atomic E-state index is 0.288. The van der Waals surface area contributed by atoms with Crippen LogP contribution in [0.3, 0.4) is 0 Å². The van der Waals surface area contributed by atoms with Crippen molar-refractivity contribution in [3.8, 4) is 11.8 Å². The van der Waals surface area contributed by atoms with Crippen molar-refractivity contribution in [1.29, 1.82) is 0 Å². The van der Waals surface area contributed by atoms with Crippen LogP contribution in [0.5, 0.6) is 0 Å². The Labute approximate surface area is 95.3 Å². The van der Waals surface area contributed by atoms with Gasteiger partial charge in [0.2, 0.25) is 0 Å². The molecule has 0 unspecified atom stereocenters. The van der Waals surface area contributed by atoms with Gasteiger partial charge in [-0.25, -0.2) is 9.97 Å². The summed E-state index contributed by atoms with van der Waals surface area (Å²) < 4.78 is 0. The molecule has 0 saturated heterocycles. The molecule has 0 aliphatic heterocycles. The highest BCUT2D eigenvalue weighted by atomic mass is 35.5. The molecule has 0 bridgehead atoms. The molecule has 0 aromatic carbocycles. The Kier molecular flexibility index (Phi) is 4.38. The molecule has 1 N–H and O–H groups in total. The highest BCUT2D eigenvalue weighted by Crippen LogP contribution is 2.27. The Hall–Kier alpha value is -1.27. The van der Waals surface area contributed by atoms with Crippen LogP contribution >= 0.6 is 11.6 Å². The van der Waals surface area contributed by atoms with E-state index in [1.807, 2.05) is 0 Å². The van der Waals surface area contributed by atoms with Crippen LogP contribution in [0.4, 0.5) is 5.82 Å². The second kappa shape index (κ2) is 5.57. The maximum atomic E-state index is 6.01. The largest absolute Gasteiger partial charge is 0.359 e. The predicted octanol–water partition coefficient (Wildman–Crippen LogP) is 2.69. The Morgan fingerprint density at radius 3 is 2.80 bits per heavy atom. The van der Waals surface area contributed by atoms with Gasteiger partial charge < -0.3 is 5.32 Å². The third-order valence-corrected chi connectivity index (χ3v) is 2.23. The summed E-state index contributed by atoms with van der Waals surface area (Å²) in [5.74, 6) is 6.79. The zero-order chi connectivity index (χ0) is 11.3. The van der Waals surface area contributed by atoms with E-state index in [2.05, 4.69) is 41.0 Å². The Bertz CT molecular complexity index is 391. The standard InChI is InChI=1S/C11H14ClN3/c1-4-5-6-13-11-9(8(2)3)10(12)14-7-15-11/h7-8H,6H2,1-3H3,(H,13,14,15). The molecule has 4 heteroatoms. The lowest BCUT2D eigenvalue weighted by molar-refractivity contribution is 0.847. The number of aromatic nitrogens is 2. The van der Waals surface area contributed by atoms with Crippen molar-refractivity contribution in [2.45, 2.75) is 26.7 Å². The predicted molar refractivity (Wildman–Crippen MR) is 63.1 cm³/mol. The Morgan fingerprint density at radius 2 is 2.20 bits per heavy atom. The van der Waals surface area contributed by atoms with Gasteiger partial charge in [0, 0.05) is 5.56 Å². The van der Waals surface area contributed by atoms with Crippen LogP contribution in [-0.2, 0) is 0 Å². The summed E-state index contributed by atoms with van der Waals surface area (Å²) in [7, 11) is 0. The first-order valence-electron chi connectivity index (χ1n) is 4.80. The first-order valence-corrected chi connectivity index (χ1v) is 5.18. The molecule has 15 heavy (non-hydrogen) atoms. The van der Waals surface area contributed by atoms with Gasteiger partial charge in [-0.15, -0.1) is 5.92 Å². The van der Waals surface area contributed by atoms with Gasteiger partial charge >= 0.3 is 0 Å². The normalized spacial score (nSPS) is 9.67. The molecule has 0 atom stereocenters. The summed E-state index contributed by atoms with van der Waals surface area (Å²) in [6, 6.07) is 0. The van der Waals surface area contributed by atoms with Crippen molar-refractivity contribution in [2.24, 2.45) is 0 Å². The highest BCUT2D eigenvalue weighted by Gasteiger charge is 2.12. The Balaban J connectivity index is 2.94. The van der Waals surface area contributed by atoms with Crippen LogP contribution in [0.1, 0.15) is 32.3 Å². The van der Waals surface area contributed by atoms with E-state index in [1.54, 1.807) is 6.92 Å². The Morgan fingerprint density at radius 1 is 1.47 bits per heavy atom. The maximum absolute atomic E-state index is 6.01. The van der Waals surface area contributed by atoms with Crippen LogP contribution in [0.25, 0.3) is 0 Å². The number of rotatable bonds is 3. The number of halogens is 1. The lowest BCUT2D eigenvalue weighted by Gasteiger charge is -2.12. The molecule has 1 aromatic rings. The lowest BCUT2D eigenvalue weighted by Crippen LogP contribution is -2.07. The summed E-state index contributed by atoms with van der Waals surface area (Å²) in [5, 5.41) is 3.63. The number of hydrogen-bond donors (Lipinski definition) is 1. The quantitative estimate of drug-likeness (QED) is 0.633. The fraction of sp³-hybridized carbons (Fsp3) is 0.455. The average Bonchev–Trinajstić information content (AvgIpc) is 2.17. The summed E-state index contributed by atoms with van der Waals surface area (Å²) >= 11 is 6.01. The topological polar surface area (TPSA) is 37.8 Å². The first kappa shape index (κ1) is 11.8. The van der Waals surface area contributed by atoms with E-state index in [4.69, 9.17) is 11.6 Å². The van der Waals surface area contributed by atoms with Gasteiger partial charge in [-0.2, -0.15) is 0 Å². The summed E-state index contributed by atoms with van der Waals surface area (Å²) in [6.45, 7) is 6.49. The molecule has 1 rings (SSSR count). The monoisotopic (exact) mass is 223 g/mol. The number of nitrogens with zero attached hydrogens (tertiary/aromatic N) is 2. The van der Waals surface area contributed by atoms with E-state index in [0.717, 1.165) is 11.4 Å². The molecular formula is C11H14ClN3. The minimum atomic E-state index is 0.288. The van der Waals surface area contributed by atoms with Gasteiger partial charge in [-0.3, -0.25) is 0 Å². The van der Waals surface area contributed by atoms with Crippen molar-refractivity contribution < 1.29 is 0 Å². The van der Waals surface area contributed by atoms with Crippen LogP contribution in [0, 0.1) is 11.8 Å². The van der Waals surface area contributed by atoms with E-state index in [0.29, 0.717) is 11.7 Å². The zero-order valence-corrected chi connectivity index (χ0v) is 9.89. The van der Waals surface area contributed by atoms with E-state index in [1.165, 1.54) is 6.33 Å². The molecule has 0 spiro atoms. The van der Waals surface area contributed by atoms with Gasteiger partial charge in [-0.1, -0.05) is 31.4 Å². The molecule has 1 aromatic heterocycles. The molecule has 3 nitrogen and oxygen atoms in total. The molecule has 0 radical (unpaired) electrons. The van der Waals surface area contributed by atoms with Crippen LogP contribution in [0.2, 0.25) is 5.15 Å². The second-order valence-electron chi connectivity index (χ2n) is 3.36. The fourth-order valence-electron chi connectivity index (χ4n) is 1.24. The number of hydrogen-bond acceptors (Lipinski definition) is 3. The minimum Gasteiger partial charge on any atom is -0.359 e. The van der Waals surface area contributed by atoms with Crippen molar-refractivity contribution in [2.75, 3.05) is 11.9 Å². The van der Waals surface area contributed by atoms with E-state index < -0.39 is 0 Å². The highest BCUT2D eigenvalue weighted by molar-refractivity contribution is 6.30. The van der Waals surface area contributed by atoms with Crippen molar-refractivity contribution in [3.05, 3.63) is 17.0 Å². The van der Waals surface area contributed by atoms with Gasteiger partial charge in [0.05, 0.1) is 6.54 Å². The summed E-state index contributed by atoms with van der Waals surface area (Å²) in [4.78, 5) is 8.13. The van der Waals surface area contributed by atoms with E-state index in [9.17, 15) is 0 Å². The zero-order valence-electron chi connectivity index (χ0n) is 9.13. The van der Waals surface area contributed by atoms with Crippen molar-refractivity contribution in [3.63, 3.8) is 0 Å². The fourth-order valence-corrected chi connectivity index (χ4v) is 1.59. The van der Waals surface area contributed by atoms with E-state index in [-0.39, 0.29) is 5.92 Å². The van der Waals surface area contributed by atoms with Gasteiger partial charge in [0.25, 0.3) is 0 Å². The van der Waals surface area contributed by atoms with Crippen LogP contribution in [-0.4, -0.2) is 16.5 Å². The van der Waals surface area contributed by atoms with Crippen molar-refractivity contribution in [1.82, 2.24) is 9.97 Å². The number of anilines is 1. The SMILES string of the molecule is CC#CCNc1ncnc(Cl)c1C(C)C. The van der Waals surface area contributed by atoms with Crippen LogP contribution in [0.15, 0.2) is 6.33 Å². The summed E-state index contributed by atoms with van der Waals surface area (Å²) in [6.07, 6.45) is 1.45.